The molecule has 6 N–H and O–H groups in total. The highest BCUT2D eigenvalue weighted by Crippen LogP contribution is 2.16. The molecule has 0 aliphatic carbocycles. The summed E-state index contributed by atoms with van der Waals surface area (Å²) in [5.74, 6) is -1.60. The summed E-state index contributed by atoms with van der Waals surface area (Å²) < 4.78 is -0.766. The lowest BCUT2D eigenvalue weighted by Crippen LogP contribution is -2.37. The third-order valence-corrected chi connectivity index (χ3v) is 2.83. The van der Waals surface area contributed by atoms with E-state index in [-0.39, 0.29) is 22.3 Å². The summed E-state index contributed by atoms with van der Waals surface area (Å²) in [5.41, 5.74) is -1.11. The highest BCUT2D eigenvalue weighted by Gasteiger charge is 2.26. The second kappa shape index (κ2) is 13.7. The van der Waals surface area contributed by atoms with Crippen LogP contribution in [-0.2, 0) is 9.59 Å². The first-order chi connectivity index (χ1) is 11.1. The molecule has 25 heavy (non-hydrogen) atoms. The van der Waals surface area contributed by atoms with E-state index < -0.39 is 43.8 Å². The van der Waals surface area contributed by atoms with Gasteiger partial charge in [-0.3, -0.25) is 9.59 Å². The van der Waals surface area contributed by atoms with Gasteiger partial charge in [0.05, 0.1) is 44.7 Å². The first-order valence-electron chi connectivity index (χ1n) is 7.40. The van der Waals surface area contributed by atoms with E-state index in [4.69, 9.17) is 30.6 Å². The number of aliphatic hydroxyl groups excluding tert-OH is 4. The fourth-order valence-corrected chi connectivity index (χ4v) is 1.31. The van der Waals surface area contributed by atoms with E-state index in [1.807, 2.05) is 0 Å². The molecule has 0 amide bonds. The van der Waals surface area contributed by atoms with E-state index in [2.05, 4.69) is 25.3 Å². The van der Waals surface area contributed by atoms with E-state index in [1.165, 1.54) is 0 Å². The standard InChI is InChI=1S/C5H12O4.2C5H10O2S/c6-1-5(2-7,3-8)4-9;2*1-5(2,8)3-4(6)7/h6-9H,1-4H2;2*8H,3H2,1-2H3,(H,6,7). The number of aliphatic carboxylic acids is 2. The van der Waals surface area contributed by atoms with Crippen LogP contribution in [0.1, 0.15) is 40.5 Å². The molecule has 0 bridgehead atoms. The summed E-state index contributed by atoms with van der Waals surface area (Å²) in [6, 6.07) is 0. The minimum absolute atomic E-state index is 0.107. The van der Waals surface area contributed by atoms with Crippen LogP contribution in [0.25, 0.3) is 0 Å². The number of carboxylic acids is 2. The van der Waals surface area contributed by atoms with Crippen LogP contribution in [0.3, 0.4) is 0 Å². The van der Waals surface area contributed by atoms with Gasteiger partial charge in [0.2, 0.25) is 0 Å². The molecule has 0 aromatic rings. The number of carbonyl (C=O) groups is 2. The Hall–Kier alpha value is -0.520. The second-order valence-corrected chi connectivity index (χ2v) is 9.32. The predicted octanol–water partition coefficient (Wildman–Crippen LogP) is 0.281. The van der Waals surface area contributed by atoms with Crippen molar-refractivity contribution in [1.29, 1.82) is 0 Å². The molecule has 0 aromatic heterocycles. The monoisotopic (exact) mass is 404 g/mol. The van der Waals surface area contributed by atoms with Crippen LogP contribution >= 0.6 is 25.3 Å². The van der Waals surface area contributed by atoms with Gasteiger partial charge in [-0.25, -0.2) is 0 Å². The maximum absolute atomic E-state index is 9.97. The number of hydrogen-bond donors (Lipinski definition) is 8. The van der Waals surface area contributed by atoms with Crippen molar-refractivity contribution in [3.63, 3.8) is 0 Å². The van der Waals surface area contributed by atoms with E-state index in [0.29, 0.717) is 0 Å². The zero-order valence-electron chi connectivity index (χ0n) is 15.1. The van der Waals surface area contributed by atoms with Crippen molar-refractivity contribution >= 4 is 37.2 Å². The summed E-state index contributed by atoms with van der Waals surface area (Å²) in [7, 11) is 0. The topological polar surface area (TPSA) is 156 Å². The van der Waals surface area contributed by atoms with Gasteiger partial charge < -0.3 is 30.6 Å². The van der Waals surface area contributed by atoms with Crippen LogP contribution in [0.4, 0.5) is 0 Å². The van der Waals surface area contributed by atoms with E-state index in [0.717, 1.165) is 0 Å². The lowest BCUT2D eigenvalue weighted by atomic mass is 9.93. The third kappa shape index (κ3) is 23.5. The van der Waals surface area contributed by atoms with Crippen LogP contribution in [0, 0.1) is 5.41 Å². The molecule has 0 saturated heterocycles. The van der Waals surface area contributed by atoms with Crippen LogP contribution in [0.5, 0.6) is 0 Å². The van der Waals surface area contributed by atoms with Gasteiger partial charge in [0.15, 0.2) is 0 Å². The van der Waals surface area contributed by atoms with Gasteiger partial charge in [-0.15, -0.1) is 0 Å². The summed E-state index contributed by atoms with van der Waals surface area (Å²) in [4.78, 5) is 19.9. The molecular weight excluding hydrogens is 372 g/mol. The zero-order valence-corrected chi connectivity index (χ0v) is 16.9. The van der Waals surface area contributed by atoms with Crippen molar-refractivity contribution in [3.05, 3.63) is 0 Å². The molecule has 8 nitrogen and oxygen atoms in total. The summed E-state index contributed by atoms with van der Waals surface area (Å²) >= 11 is 8.03. The number of carboxylic acid groups (broad SMARTS) is 2. The highest BCUT2D eigenvalue weighted by atomic mass is 32.1. The number of hydrogen-bond acceptors (Lipinski definition) is 8. The van der Waals surface area contributed by atoms with E-state index in [9.17, 15) is 9.59 Å². The Labute approximate surface area is 159 Å². The molecule has 0 aliphatic heterocycles. The summed E-state index contributed by atoms with van der Waals surface area (Å²) in [5, 5.41) is 50.4. The molecular formula is C15H32O8S2. The Bertz CT molecular complexity index is 327. The molecule has 0 heterocycles. The lowest BCUT2D eigenvalue weighted by molar-refractivity contribution is -0.138. The fourth-order valence-electron chi connectivity index (χ4n) is 1.04. The van der Waals surface area contributed by atoms with Crippen molar-refractivity contribution in [1.82, 2.24) is 0 Å². The minimum atomic E-state index is -1.11. The van der Waals surface area contributed by atoms with Gasteiger partial charge >= 0.3 is 11.9 Å². The average molecular weight is 405 g/mol. The van der Waals surface area contributed by atoms with Gasteiger partial charge in [0, 0.05) is 9.49 Å². The van der Waals surface area contributed by atoms with Crippen LogP contribution in [-0.4, -0.2) is 78.5 Å². The first-order valence-corrected chi connectivity index (χ1v) is 8.29. The number of thiol groups is 2. The van der Waals surface area contributed by atoms with Crippen LogP contribution < -0.4 is 0 Å². The molecule has 10 heteroatoms. The predicted molar refractivity (Wildman–Crippen MR) is 101 cm³/mol. The van der Waals surface area contributed by atoms with E-state index >= 15 is 0 Å². The quantitative estimate of drug-likeness (QED) is 0.268. The maximum Gasteiger partial charge on any atom is 0.304 e. The zero-order chi connectivity index (χ0) is 20.9. The summed E-state index contributed by atoms with van der Waals surface area (Å²) in [6.45, 7) is 5.45. The van der Waals surface area contributed by atoms with Crippen LogP contribution in [0.15, 0.2) is 0 Å². The molecule has 0 unspecified atom stereocenters. The van der Waals surface area contributed by atoms with Crippen molar-refractivity contribution in [2.24, 2.45) is 5.41 Å². The molecule has 0 aromatic carbocycles. The van der Waals surface area contributed by atoms with Crippen molar-refractivity contribution in [2.75, 3.05) is 26.4 Å². The maximum atomic E-state index is 9.97. The lowest BCUT2D eigenvalue weighted by Gasteiger charge is -2.23. The SMILES string of the molecule is CC(C)(S)CC(=O)O.CC(C)(S)CC(=O)O.OCC(CO)(CO)CO. The third-order valence-electron chi connectivity index (χ3n) is 2.51. The second-order valence-electron chi connectivity index (χ2n) is 6.90. The van der Waals surface area contributed by atoms with Crippen molar-refractivity contribution in [2.45, 2.75) is 50.0 Å². The molecule has 0 spiro atoms. The fraction of sp³-hybridized carbons (Fsp3) is 0.867. The minimum Gasteiger partial charge on any atom is -0.481 e. The van der Waals surface area contributed by atoms with Gasteiger partial charge in [-0.1, -0.05) is 27.7 Å². The Kier molecular flexibility index (Phi) is 16.0. The van der Waals surface area contributed by atoms with Gasteiger partial charge in [0.1, 0.15) is 0 Å². The molecule has 0 radical (unpaired) electrons. The molecule has 0 aliphatic rings. The van der Waals surface area contributed by atoms with Crippen molar-refractivity contribution in [3.8, 4) is 0 Å². The molecule has 0 fully saturated rings. The van der Waals surface area contributed by atoms with Gasteiger partial charge in [0.25, 0.3) is 0 Å². The average Bonchev–Trinajstić information content (AvgIpc) is 2.37. The number of rotatable bonds is 8. The Morgan fingerprint density at radius 3 is 0.880 bits per heavy atom. The Morgan fingerprint density at radius 1 is 0.680 bits per heavy atom. The number of aliphatic hydroxyl groups is 4. The molecule has 0 saturated carbocycles. The highest BCUT2D eigenvalue weighted by molar-refractivity contribution is 7.82. The van der Waals surface area contributed by atoms with Crippen molar-refractivity contribution < 1.29 is 40.2 Å². The molecule has 0 atom stereocenters. The molecule has 152 valence electrons. The van der Waals surface area contributed by atoms with E-state index in [1.54, 1.807) is 27.7 Å². The van der Waals surface area contributed by atoms with Gasteiger partial charge in [-0.2, -0.15) is 25.3 Å². The largest absolute Gasteiger partial charge is 0.481 e. The molecule has 0 rings (SSSR count). The Balaban J connectivity index is -0.000000291. The summed E-state index contributed by atoms with van der Waals surface area (Å²) in [6.07, 6.45) is 0.215. The normalized spacial score (nSPS) is 11.6. The smallest absolute Gasteiger partial charge is 0.304 e. The van der Waals surface area contributed by atoms with Crippen LogP contribution in [0.2, 0.25) is 0 Å². The van der Waals surface area contributed by atoms with Gasteiger partial charge in [-0.05, 0) is 0 Å². The Morgan fingerprint density at radius 2 is 0.880 bits per heavy atom. The first kappa shape index (κ1) is 29.3.